The third-order valence-electron chi connectivity index (χ3n) is 4.16. The van der Waals surface area contributed by atoms with E-state index in [1.54, 1.807) is 6.20 Å². The summed E-state index contributed by atoms with van der Waals surface area (Å²) in [4.78, 5) is 14.9. The number of halogens is 1. The fourth-order valence-corrected chi connectivity index (χ4v) is 2.68. The van der Waals surface area contributed by atoms with Crippen LogP contribution in [-0.2, 0) is 6.42 Å². The lowest BCUT2D eigenvalue weighted by Gasteiger charge is -2.31. The van der Waals surface area contributed by atoms with E-state index in [1.165, 1.54) is 12.3 Å². The zero-order valence-electron chi connectivity index (χ0n) is 13.3. The van der Waals surface area contributed by atoms with Gasteiger partial charge in [-0.1, -0.05) is 6.92 Å². The molecule has 0 spiro atoms. The molecular weight excluding hydrogens is 295 g/mol. The van der Waals surface area contributed by atoms with E-state index in [0.29, 0.717) is 18.3 Å². The molecule has 0 radical (unpaired) electrons. The number of ether oxygens (including phenoxy) is 1. The molecular formula is C17H21FN4O. The Bertz CT molecular complexity index is 627. The Morgan fingerprint density at radius 1 is 1.17 bits per heavy atom. The van der Waals surface area contributed by atoms with E-state index in [2.05, 4.69) is 26.8 Å². The van der Waals surface area contributed by atoms with Crippen molar-refractivity contribution in [1.82, 2.24) is 15.0 Å². The van der Waals surface area contributed by atoms with Gasteiger partial charge in [0, 0.05) is 31.5 Å². The molecule has 0 aliphatic carbocycles. The van der Waals surface area contributed by atoms with Gasteiger partial charge < -0.3 is 9.64 Å². The van der Waals surface area contributed by atoms with Crippen molar-refractivity contribution < 1.29 is 9.13 Å². The second-order valence-corrected chi connectivity index (χ2v) is 5.83. The van der Waals surface area contributed by atoms with Crippen molar-refractivity contribution in [2.24, 2.45) is 5.92 Å². The first-order valence-electron chi connectivity index (χ1n) is 8.04. The standard InChI is InChI=1S/C17H21FN4O/c1-2-13-8-20-17(21-9-13)22-5-3-14(4-6-22)12-23-16-7-15(18)10-19-11-16/h7-11,14H,2-6,12H2,1H3. The van der Waals surface area contributed by atoms with Crippen molar-refractivity contribution >= 4 is 5.95 Å². The molecule has 1 saturated heterocycles. The zero-order chi connectivity index (χ0) is 16.1. The number of anilines is 1. The smallest absolute Gasteiger partial charge is 0.225 e. The molecule has 0 atom stereocenters. The summed E-state index contributed by atoms with van der Waals surface area (Å²) in [5.41, 5.74) is 1.15. The van der Waals surface area contributed by atoms with Crippen LogP contribution in [0.15, 0.2) is 30.9 Å². The summed E-state index contributed by atoms with van der Waals surface area (Å²) in [6.07, 6.45) is 9.50. The van der Waals surface area contributed by atoms with Gasteiger partial charge in [-0.2, -0.15) is 0 Å². The molecule has 23 heavy (non-hydrogen) atoms. The summed E-state index contributed by atoms with van der Waals surface area (Å²) in [6, 6.07) is 1.37. The molecule has 1 fully saturated rings. The lowest BCUT2D eigenvalue weighted by Crippen LogP contribution is -2.36. The first kappa shape index (κ1) is 15.6. The van der Waals surface area contributed by atoms with Gasteiger partial charge >= 0.3 is 0 Å². The highest BCUT2D eigenvalue weighted by molar-refractivity contribution is 5.30. The van der Waals surface area contributed by atoms with Crippen molar-refractivity contribution in [3.63, 3.8) is 0 Å². The Balaban J connectivity index is 1.48. The maximum atomic E-state index is 13.1. The van der Waals surface area contributed by atoms with Gasteiger partial charge in [-0.05, 0) is 30.7 Å². The van der Waals surface area contributed by atoms with E-state index < -0.39 is 0 Å². The molecule has 0 saturated carbocycles. The highest BCUT2D eigenvalue weighted by Gasteiger charge is 2.21. The quantitative estimate of drug-likeness (QED) is 0.849. The SMILES string of the molecule is CCc1cnc(N2CCC(COc3cncc(F)c3)CC2)nc1. The van der Waals surface area contributed by atoms with Crippen LogP contribution in [0, 0.1) is 11.7 Å². The van der Waals surface area contributed by atoms with Gasteiger partial charge in [0.15, 0.2) is 0 Å². The average Bonchev–Trinajstić information content (AvgIpc) is 2.61. The summed E-state index contributed by atoms with van der Waals surface area (Å²) in [5, 5.41) is 0. The van der Waals surface area contributed by atoms with Gasteiger partial charge in [-0.15, -0.1) is 0 Å². The average molecular weight is 316 g/mol. The number of hydrogen-bond acceptors (Lipinski definition) is 5. The molecule has 3 heterocycles. The second-order valence-electron chi connectivity index (χ2n) is 5.83. The van der Waals surface area contributed by atoms with E-state index in [9.17, 15) is 4.39 Å². The molecule has 122 valence electrons. The van der Waals surface area contributed by atoms with Crippen molar-refractivity contribution in [3.05, 3.63) is 42.2 Å². The molecule has 0 unspecified atom stereocenters. The van der Waals surface area contributed by atoms with E-state index >= 15 is 0 Å². The number of pyridine rings is 1. The van der Waals surface area contributed by atoms with Crippen LogP contribution < -0.4 is 9.64 Å². The van der Waals surface area contributed by atoms with Crippen LogP contribution in [0.4, 0.5) is 10.3 Å². The minimum absolute atomic E-state index is 0.370. The van der Waals surface area contributed by atoms with Crippen LogP contribution in [-0.4, -0.2) is 34.6 Å². The highest BCUT2D eigenvalue weighted by atomic mass is 19.1. The first-order valence-corrected chi connectivity index (χ1v) is 8.04. The van der Waals surface area contributed by atoms with Gasteiger partial charge in [0.25, 0.3) is 0 Å². The van der Waals surface area contributed by atoms with Gasteiger partial charge in [0.2, 0.25) is 5.95 Å². The van der Waals surface area contributed by atoms with E-state index in [-0.39, 0.29) is 5.82 Å². The normalized spacial score (nSPS) is 15.7. The molecule has 1 aliphatic rings. The molecule has 0 bridgehead atoms. The Kier molecular flexibility index (Phi) is 5.00. The molecule has 0 N–H and O–H groups in total. The van der Waals surface area contributed by atoms with Crippen molar-refractivity contribution in [1.29, 1.82) is 0 Å². The topological polar surface area (TPSA) is 51.1 Å². The van der Waals surface area contributed by atoms with Gasteiger partial charge in [-0.3, -0.25) is 4.98 Å². The zero-order valence-corrected chi connectivity index (χ0v) is 13.3. The lowest BCUT2D eigenvalue weighted by atomic mass is 9.98. The van der Waals surface area contributed by atoms with Gasteiger partial charge in [0.05, 0.1) is 19.0 Å². The van der Waals surface area contributed by atoms with E-state index in [1.807, 2.05) is 12.4 Å². The minimum atomic E-state index is -0.370. The predicted molar refractivity (Wildman–Crippen MR) is 86.0 cm³/mol. The van der Waals surface area contributed by atoms with Crippen LogP contribution >= 0.6 is 0 Å². The highest BCUT2D eigenvalue weighted by Crippen LogP contribution is 2.22. The van der Waals surface area contributed by atoms with Crippen LogP contribution in [0.2, 0.25) is 0 Å². The minimum Gasteiger partial charge on any atom is -0.492 e. The predicted octanol–water partition coefficient (Wildman–Crippen LogP) is 2.87. The third kappa shape index (κ3) is 4.15. The first-order chi connectivity index (χ1) is 11.2. The van der Waals surface area contributed by atoms with Gasteiger partial charge in [-0.25, -0.2) is 14.4 Å². The monoisotopic (exact) mass is 316 g/mol. The fourth-order valence-electron chi connectivity index (χ4n) is 2.68. The second kappa shape index (κ2) is 7.35. The number of nitrogens with zero attached hydrogens (tertiary/aromatic N) is 4. The van der Waals surface area contributed by atoms with Crippen molar-refractivity contribution in [2.75, 3.05) is 24.6 Å². The van der Waals surface area contributed by atoms with Crippen LogP contribution in [0.3, 0.4) is 0 Å². The third-order valence-corrected chi connectivity index (χ3v) is 4.16. The Labute approximate surface area is 135 Å². The lowest BCUT2D eigenvalue weighted by molar-refractivity contribution is 0.221. The summed E-state index contributed by atoms with van der Waals surface area (Å²) in [7, 11) is 0. The number of hydrogen-bond donors (Lipinski definition) is 0. The van der Waals surface area contributed by atoms with E-state index in [4.69, 9.17) is 4.74 Å². The fraction of sp³-hybridized carbons (Fsp3) is 0.471. The molecule has 0 aromatic carbocycles. The van der Waals surface area contributed by atoms with Gasteiger partial charge in [0.1, 0.15) is 11.6 Å². The van der Waals surface area contributed by atoms with Crippen LogP contribution in [0.1, 0.15) is 25.3 Å². The Morgan fingerprint density at radius 3 is 2.57 bits per heavy atom. The number of piperidine rings is 1. The largest absolute Gasteiger partial charge is 0.492 e. The summed E-state index contributed by atoms with van der Waals surface area (Å²) in [5.74, 6) is 1.39. The molecule has 6 heteroatoms. The number of aromatic nitrogens is 3. The van der Waals surface area contributed by atoms with E-state index in [0.717, 1.165) is 43.9 Å². The van der Waals surface area contributed by atoms with Crippen LogP contribution in [0.25, 0.3) is 0 Å². The number of rotatable bonds is 5. The Morgan fingerprint density at radius 2 is 1.91 bits per heavy atom. The molecule has 1 aliphatic heterocycles. The Hall–Kier alpha value is -2.24. The van der Waals surface area contributed by atoms with Crippen LogP contribution in [0.5, 0.6) is 5.75 Å². The maximum absolute atomic E-state index is 13.1. The summed E-state index contributed by atoms with van der Waals surface area (Å²) in [6.45, 7) is 4.52. The molecule has 2 aromatic heterocycles. The molecule has 5 nitrogen and oxygen atoms in total. The van der Waals surface area contributed by atoms with Crippen molar-refractivity contribution in [3.8, 4) is 5.75 Å². The molecule has 3 rings (SSSR count). The summed E-state index contributed by atoms with van der Waals surface area (Å²) >= 11 is 0. The molecule has 2 aromatic rings. The van der Waals surface area contributed by atoms with Crippen molar-refractivity contribution in [2.45, 2.75) is 26.2 Å². The summed E-state index contributed by atoms with van der Waals surface area (Å²) < 4.78 is 18.7. The number of aryl methyl sites for hydroxylation is 1. The maximum Gasteiger partial charge on any atom is 0.225 e. The molecule has 0 amide bonds.